The fraction of sp³-hybridized carbons (Fsp3) is 0. The summed E-state index contributed by atoms with van der Waals surface area (Å²) in [7, 11) is 0. The lowest BCUT2D eigenvalue weighted by atomic mass is 10.3. The van der Waals surface area contributed by atoms with Gasteiger partial charge in [0.05, 0.1) is 5.69 Å². The molecule has 0 aromatic carbocycles. The third kappa shape index (κ3) is 1.12. The normalized spacial score (nSPS) is 9.82. The largest absolute Gasteiger partial charge is 0.360 e. The topological polar surface area (TPSA) is 41.6 Å². The summed E-state index contributed by atoms with van der Waals surface area (Å²) in [5.41, 5.74) is 1.69. The molecule has 0 unspecified atom stereocenters. The van der Waals surface area contributed by atoms with Crippen molar-refractivity contribution in [2.75, 3.05) is 0 Å². The summed E-state index contributed by atoms with van der Waals surface area (Å²) in [6, 6.07) is 3.85. The van der Waals surface area contributed by atoms with Crippen molar-refractivity contribution in [1.29, 1.82) is 0 Å². The first-order valence-corrected chi connectivity index (χ1v) is 3.29. The van der Waals surface area contributed by atoms with E-state index >= 15 is 0 Å². The Hall–Kier alpha value is -1.64. The lowest BCUT2D eigenvalue weighted by Gasteiger charge is -1.91. The van der Waals surface area contributed by atoms with Gasteiger partial charge in [0, 0.05) is 18.6 Å². The van der Waals surface area contributed by atoms with Crippen LogP contribution in [0.2, 0.25) is 0 Å². The van der Waals surface area contributed by atoms with Crippen LogP contribution in [0, 0.1) is 6.20 Å². The second kappa shape index (κ2) is 2.54. The number of nitrogens with one attached hydrogen (secondary N) is 1. The molecule has 1 N–H and O–H groups in total. The molecular formula is C8H6N3. The second-order valence-corrected chi connectivity index (χ2v) is 2.10. The van der Waals surface area contributed by atoms with Crippen molar-refractivity contribution in [3.05, 3.63) is 36.9 Å². The molecule has 0 amide bonds. The Morgan fingerprint density at radius 1 is 1.36 bits per heavy atom. The molecule has 3 nitrogen and oxygen atoms in total. The van der Waals surface area contributed by atoms with Crippen LogP contribution in [0.1, 0.15) is 0 Å². The highest BCUT2D eigenvalue weighted by Gasteiger charge is 1.96. The SMILES string of the molecule is [c]1nccnc1-c1ccc[nH]1. The van der Waals surface area contributed by atoms with Gasteiger partial charge in [0.1, 0.15) is 11.9 Å². The van der Waals surface area contributed by atoms with Crippen molar-refractivity contribution in [2.45, 2.75) is 0 Å². The summed E-state index contributed by atoms with van der Waals surface area (Å²) >= 11 is 0. The fourth-order valence-corrected chi connectivity index (χ4v) is 0.876. The molecule has 2 aromatic heterocycles. The summed E-state index contributed by atoms with van der Waals surface area (Å²) < 4.78 is 0. The minimum absolute atomic E-state index is 0.748. The molecule has 0 saturated carbocycles. The zero-order chi connectivity index (χ0) is 7.52. The van der Waals surface area contributed by atoms with Gasteiger partial charge >= 0.3 is 0 Å². The van der Waals surface area contributed by atoms with E-state index in [9.17, 15) is 0 Å². The number of rotatable bonds is 1. The molecule has 0 bridgehead atoms. The molecule has 3 heteroatoms. The number of aromatic amines is 1. The van der Waals surface area contributed by atoms with Crippen molar-refractivity contribution >= 4 is 0 Å². The number of hydrogen-bond donors (Lipinski definition) is 1. The lowest BCUT2D eigenvalue weighted by molar-refractivity contribution is 1.18. The number of aromatic nitrogens is 3. The number of hydrogen-bond acceptors (Lipinski definition) is 2. The fourth-order valence-electron chi connectivity index (χ4n) is 0.876. The van der Waals surface area contributed by atoms with Gasteiger partial charge < -0.3 is 4.98 Å². The zero-order valence-corrected chi connectivity index (χ0v) is 5.78. The first-order valence-electron chi connectivity index (χ1n) is 3.29. The van der Waals surface area contributed by atoms with Crippen molar-refractivity contribution < 1.29 is 0 Å². The Bertz CT molecular complexity index is 312. The minimum atomic E-state index is 0.748. The predicted octanol–water partition coefficient (Wildman–Crippen LogP) is 1.27. The third-order valence-corrected chi connectivity index (χ3v) is 1.37. The van der Waals surface area contributed by atoms with Crippen LogP contribution in [0.3, 0.4) is 0 Å². The monoisotopic (exact) mass is 144 g/mol. The Kier molecular flexibility index (Phi) is 1.41. The zero-order valence-electron chi connectivity index (χ0n) is 5.78. The van der Waals surface area contributed by atoms with E-state index in [4.69, 9.17) is 0 Å². The predicted molar refractivity (Wildman–Crippen MR) is 40.7 cm³/mol. The molecule has 2 aromatic rings. The first kappa shape index (κ1) is 6.09. The van der Waals surface area contributed by atoms with Gasteiger partial charge in [0.25, 0.3) is 0 Å². The van der Waals surface area contributed by atoms with Crippen molar-refractivity contribution in [3.8, 4) is 11.4 Å². The Labute approximate surface area is 64.1 Å². The summed E-state index contributed by atoms with van der Waals surface area (Å²) in [5.74, 6) is 0. The molecule has 0 aliphatic rings. The molecule has 11 heavy (non-hydrogen) atoms. The van der Waals surface area contributed by atoms with Gasteiger partial charge in [-0.05, 0) is 12.1 Å². The smallest absolute Gasteiger partial charge is 0.119 e. The van der Waals surface area contributed by atoms with Gasteiger partial charge in [-0.25, -0.2) is 0 Å². The summed E-state index contributed by atoms with van der Waals surface area (Å²) in [4.78, 5) is 10.9. The van der Waals surface area contributed by atoms with Crippen LogP contribution < -0.4 is 0 Å². The van der Waals surface area contributed by atoms with Crippen LogP contribution in [0.15, 0.2) is 30.7 Å². The van der Waals surface area contributed by atoms with Gasteiger partial charge in [0.15, 0.2) is 0 Å². The van der Waals surface area contributed by atoms with Crippen molar-refractivity contribution in [3.63, 3.8) is 0 Å². The molecule has 0 aliphatic heterocycles. The van der Waals surface area contributed by atoms with Crippen molar-refractivity contribution in [1.82, 2.24) is 15.0 Å². The first-order chi connectivity index (χ1) is 5.47. The van der Waals surface area contributed by atoms with Crippen LogP contribution >= 0.6 is 0 Å². The van der Waals surface area contributed by atoms with Gasteiger partial charge in [-0.15, -0.1) is 0 Å². The Morgan fingerprint density at radius 2 is 2.36 bits per heavy atom. The maximum Gasteiger partial charge on any atom is 0.119 e. The van der Waals surface area contributed by atoms with Crippen LogP contribution in [0.4, 0.5) is 0 Å². The maximum absolute atomic E-state index is 4.07. The molecule has 0 fully saturated rings. The van der Waals surface area contributed by atoms with E-state index in [2.05, 4.69) is 21.1 Å². The van der Waals surface area contributed by atoms with Gasteiger partial charge in [-0.2, -0.15) is 0 Å². The minimum Gasteiger partial charge on any atom is -0.360 e. The third-order valence-electron chi connectivity index (χ3n) is 1.37. The van der Waals surface area contributed by atoms with Gasteiger partial charge in [-0.3, -0.25) is 9.97 Å². The number of nitrogens with zero attached hydrogens (tertiary/aromatic N) is 2. The van der Waals surface area contributed by atoms with Crippen LogP contribution in [-0.2, 0) is 0 Å². The quantitative estimate of drug-likeness (QED) is 0.654. The van der Waals surface area contributed by atoms with Gasteiger partial charge in [-0.1, -0.05) is 0 Å². The molecule has 0 saturated heterocycles. The van der Waals surface area contributed by atoms with Crippen molar-refractivity contribution in [2.24, 2.45) is 0 Å². The summed E-state index contributed by atoms with van der Waals surface area (Å²) in [5, 5.41) is 0. The Balaban J connectivity index is 2.46. The highest BCUT2D eigenvalue weighted by atomic mass is 14.8. The average Bonchev–Trinajstić information content (AvgIpc) is 2.58. The summed E-state index contributed by atoms with van der Waals surface area (Å²) in [6.07, 6.45) is 7.87. The Morgan fingerprint density at radius 3 is 3.00 bits per heavy atom. The highest BCUT2D eigenvalue weighted by molar-refractivity contribution is 5.51. The van der Waals surface area contributed by atoms with E-state index in [-0.39, 0.29) is 0 Å². The van der Waals surface area contributed by atoms with E-state index < -0.39 is 0 Å². The average molecular weight is 144 g/mol. The van der Waals surface area contributed by atoms with Crippen LogP contribution in [-0.4, -0.2) is 15.0 Å². The van der Waals surface area contributed by atoms with E-state index in [0.717, 1.165) is 11.4 Å². The molecule has 1 radical (unpaired) electrons. The number of H-pyrrole nitrogens is 1. The van der Waals surface area contributed by atoms with Crippen LogP contribution in [0.5, 0.6) is 0 Å². The molecular weight excluding hydrogens is 138 g/mol. The molecule has 0 aliphatic carbocycles. The standard InChI is InChI=1S/C8H6N3/c1-2-7(10-3-1)8-6-9-4-5-11-8/h1-5,10H. The summed E-state index contributed by atoms with van der Waals surface area (Å²) in [6.45, 7) is 0. The second-order valence-electron chi connectivity index (χ2n) is 2.10. The van der Waals surface area contributed by atoms with E-state index in [1.165, 1.54) is 0 Å². The van der Waals surface area contributed by atoms with E-state index in [1.807, 2.05) is 18.3 Å². The lowest BCUT2D eigenvalue weighted by Crippen LogP contribution is -1.83. The molecule has 2 heterocycles. The van der Waals surface area contributed by atoms with Crippen LogP contribution in [0.25, 0.3) is 11.4 Å². The molecule has 0 atom stereocenters. The maximum atomic E-state index is 4.07. The molecule has 0 spiro atoms. The van der Waals surface area contributed by atoms with Gasteiger partial charge in [0.2, 0.25) is 0 Å². The van der Waals surface area contributed by atoms with E-state index in [0.29, 0.717) is 0 Å². The van der Waals surface area contributed by atoms with E-state index in [1.54, 1.807) is 12.4 Å². The molecule has 53 valence electrons. The molecule has 2 rings (SSSR count). The highest BCUT2D eigenvalue weighted by Crippen LogP contribution is 2.09.